The van der Waals surface area contributed by atoms with Crippen LogP contribution in [0.2, 0.25) is 0 Å². The van der Waals surface area contributed by atoms with E-state index in [1.807, 2.05) is 12.1 Å². The number of nitrogens with zero attached hydrogens (tertiary/aromatic N) is 4. The van der Waals surface area contributed by atoms with E-state index in [0.29, 0.717) is 12.1 Å². The third-order valence-corrected chi connectivity index (χ3v) is 5.74. The molecular weight excluding hydrogens is 388 g/mol. The fraction of sp³-hybridized carbons (Fsp3) is 0.360. The smallest absolute Gasteiger partial charge is 0.321 e. The summed E-state index contributed by atoms with van der Waals surface area (Å²) in [5.74, 6) is 0.732. The van der Waals surface area contributed by atoms with Gasteiger partial charge in [-0.1, -0.05) is 42.0 Å². The topological polar surface area (TPSA) is 61.7 Å². The minimum atomic E-state index is 0.219. The highest BCUT2D eigenvalue weighted by Crippen LogP contribution is 2.21. The van der Waals surface area contributed by atoms with Gasteiger partial charge in [0, 0.05) is 57.8 Å². The molecule has 0 amide bonds. The number of benzene rings is 2. The molecule has 1 fully saturated rings. The fourth-order valence-electron chi connectivity index (χ4n) is 4.02. The van der Waals surface area contributed by atoms with Gasteiger partial charge in [-0.25, -0.2) is 9.97 Å². The first-order valence-corrected chi connectivity index (χ1v) is 10.9. The van der Waals surface area contributed by atoms with Gasteiger partial charge in [0.2, 0.25) is 0 Å². The standard InChI is InChI=1S/C25H30N4O2/c1-20-3-5-22(6-4-20)18-29-15-14-28(19-23(29)11-16-30)17-21-7-9-24(10-8-21)31-25-26-12-2-13-27-25/h2-10,12-13,23,30H,11,14-19H2,1H3/t23-/m1/s1. The molecule has 1 aromatic heterocycles. The van der Waals surface area contributed by atoms with Crippen LogP contribution in [0, 0.1) is 6.92 Å². The molecule has 6 nitrogen and oxygen atoms in total. The molecule has 0 bridgehead atoms. The third-order valence-electron chi connectivity index (χ3n) is 5.74. The second-order valence-electron chi connectivity index (χ2n) is 8.13. The van der Waals surface area contributed by atoms with Crippen molar-refractivity contribution in [1.82, 2.24) is 19.8 Å². The van der Waals surface area contributed by atoms with Gasteiger partial charge in [-0.15, -0.1) is 0 Å². The maximum atomic E-state index is 9.60. The van der Waals surface area contributed by atoms with Gasteiger partial charge in [-0.05, 0) is 42.7 Å². The van der Waals surface area contributed by atoms with Crippen molar-refractivity contribution in [2.24, 2.45) is 0 Å². The predicted octanol–water partition coefficient (Wildman–Crippen LogP) is 3.65. The predicted molar refractivity (Wildman–Crippen MR) is 121 cm³/mol. The van der Waals surface area contributed by atoms with Gasteiger partial charge in [0.15, 0.2) is 0 Å². The molecule has 1 atom stereocenters. The molecule has 31 heavy (non-hydrogen) atoms. The Morgan fingerprint density at radius 2 is 1.61 bits per heavy atom. The van der Waals surface area contributed by atoms with Crippen LogP contribution in [0.1, 0.15) is 23.1 Å². The lowest BCUT2D eigenvalue weighted by Gasteiger charge is -2.41. The molecule has 1 N–H and O–H groups in total. The Balaban J connectivity index is 1.33. The van der Waals surface area contributed by atoms with E-state index in [9.17, 15) is 5.11 Å². The molecular formula is C25H30N4O2. The molecule has 4 rings (SSSR count). The average Bonchev–Trinajstić information content (AvgIpc) is 2.79. The summed E-state index contributed by atoms with van der Waals surface area (Å²) in [4.78, 5) is 13.2. The number of hydrogen-bond acceptors (Lipinski definition) is 6. The summed E-state index contributed by atoms with van der Waals surface area (Å²) in [6.45, 7) is 7.15. The maximum Gasteiger partial charge on any atom is 0.321 e. The number of hydrogen-bond donors (Lipinski definition) is 1. The van der Waals surface area contributed by atoms with Gasteiger partial charge in [0.05, 0.1) is 0 Å². The van der Waals surface area contributed by atoms with Gasteiger partial charge < -0.3 is 9.84 Å². The number of rotatable bonds is 8. The Morgan fingerprint density at radius 3 is 2.32 bits per heavy atom. The van der Waals surface area contributed by atoms with Crippen LogP contribution in [-0.4, -0.2) is 57.2 Å². The molecule has 1 saturated heterocycles. The van der Waals surface area contributed by atoms with Crippen LogP contribution in [0.15, 0.2) is 67.0 Å². The van der Waals surface area contributed by atoms with Crippen LogP contribution in [0.25, 0.3) is 0 Å². The molecule has 2 heterocycles. The first-order valence-electron chi connectivity index (χ1n) is 10.9. The summed E-state index contributed by atoms with van der Waals surface area (Å²) in [5, 5.41) is 9.60. The van der Waals surface area contributed by atoms with E-state index in [1.165, 1.54) is 16.7 Å². The lowest BCUT2D eigenvalue weighted by molar-refractivity contribution is 0.0500. The Morgan fingerprint density at radius 1 is 0.935 bits per heavy atom. The highest BCUT2D eigenvalue weighted by Gasteiger charge is 2.26. The minimum absolute atomic E-state index is 0.219. The summed E-state index contributed by atoms with van der Waals surface area (Å²) in [6, 6.07) is 19.4. The second-order valence-corrected chi connectivity index (χ2v) is 8.13. The first-order chi connectivity index (χ1) is 15.2. The SMILES string of the molecule is Cc1ccc(CN2CCN(Cc3ccc(Oc4ncccn4)cc3)C[C@H]2CCO)cc1. The maximum absolute atomic E-state index is 9.60. The van der Waals surface area contributed by atoms with E-state index in [2.05, 4.69) is 63.1 Å². The van der Waals surface area contributed by atoms with E-state index in [1.54, 1.807) is 18.5 Å². The molecule has 0 aliphatic carbocycles. The van der Waals surface area contributed by atoms with Gasteiger partial charge in [-0.2, -0.15) is 0 Å². The summed E-state index contributed by atoms with van der Waals surface area (Å²) in [7, 11) is 0. The minimum Gasteiger partial charge on any atom is -0.424 e. The Labute approximate surface area is 184 Å². The van der Waals surface area contributed by atoms with Crippen molar-refractivity contribution in [2.45, 2.75) is 32.5 Å². The molecule has 3 aromatic rings. The lowest BCUT2D eigenvalue weighted by atomic mass is 10.1. The van der Waals surface area contributed by atoms with E-state index in [0.717, 1.165) is 44.9 Å². The van der Waals surface area contributed by atoms with Crippen molar-refractivity contribution in [1.29, 1.82) is 0 Å². The van der Waals surface area contributed by atoms with Crippen molar-refractivity contribution in [2.75, 3.05) is 26.2 Å². The molecule has 6 heteroatoms. The van der Waals surface area contributed by atoms with E-state index in [-0.39, 0.29) is 6.61 Å². The molecule has 0 spiro atoms. The number of aliphatic hydroxyl groups excluding tert-OH is 1. The van der Waals surface area contributed by atoms with E-state index in [4.69, 9.17) is 4.74 Å². The first kappa shape index (κ1) is 21.4. The van der Waals surface area contributed by atoms with Crippen LogP contribution in [0.3, 0.4) is 0 Å². The normalized spacial score (nSPS) is 17.5. The summed E-state index contributed by atoms with van der Waals surface area (Å²) >= 11 is 0. The van der Waals surface area contributed by atoms with Crippen LogP contribution in [-0.2, 0) is 13.1 Å². The molecule has 1 aliphatic heterocycles. The van der Waals surface area contributed by atoms with Crippen LogP contribution < -0.4 is 4.74 Å². The Hall–Kier alpha value is -2.80. The van der Waals surface area contributed by atoms with Crippen LogP contribution >= 0.6 is 0 Å². The van der Waals surface area contributed by atoms with Crippen molar-refractivity contribution < 1.29 is 9.84 Å². The van der Waals surface area contributed by atoms with E-state index >= 15 is 0 Å². The quantitative estimate of drug-likeness (QED) is 0.603. The fourth-order valence-corrected chi connectivity index (χ4v) is 4.02. The van der Waals surface area contributed by atoms with Gasteiger partial charge in [0.1, 0.15) is 5.75 Å². The Kier molecular flexibility index (Phi) is 7.25. The number of aromatic nitrogens is 2. The van der Waals surface area contributed by atoms with Crippen LogP contribution in [0.5, 0.6) is 11.8 Å². The zero-order valence-electron chi connectivity index (χ0n) is 18.0. The second kappa shape index (κ2) is 10.5. The summed E-state index contributed by atoms with van der Waals surface area (Å²) in [5.41, 5.74) is 3.87. The number of piperazine rings is 1. The molecule has 1 aliphatic rings. The summed E-state index contributed by atoms with van der Waals surface area (Å²) < 4.78 is 5.68. The zero-order valence-corrected chi connectivity index (χ0v) is 18.0. The molecule has 0 radical (unpaired) electrons. The average molecular weight is 419 g/mol. The number of aliphatic hydroxyl groups is 1. The van der Waals surface area contributed by atoms with Gasteiger partial charge in [-0.3, -0.25) is 9.80 Å². The molecule has 2 aromatic carbocycles. The van der Waals surface area contributed by atoms with Crippen molar-refractivity contribution in [3.63, 3.8) is 0 Å². The molecule has 0 unspecified atom stereocenters. The highest BCUT2D eigenvalue weighted by atomic mass is 16.5. The molecule has 162 valence electrons. The molecule has 0 saturated carbocycles. The third kappa shape index (κ3) is 6.10. The van der Waals surface area contributed by atoms with Crippen molar-refractivity contribution in [3.05, 3.63) is 83.7 Å². The van der Waals surface area contributed by atoms with Crippen LogP contribution in [0.4, 0.5) is 0 Å². The lowest BCUT2D eigenvalue weighted by Crippen LogP contribution is -2.52. The largest absolute Gasteiger partial charge is 0.424 e. The van der Waals surface area contributed by atoms with Gasteiger partial charge >= 0.3 is 6.01 Å². The van der Waals surface area contributed by atoms with Gasteiger partial charge in [0.25, 0.3) is 0 Å². The van der Waals surface area contributed by atoms with Crippen molar-refractivity contribution >= 4 is 0 Å². The van der Waals surface area contributed by atoms with E-state index < -0.39 is 0 Å². The Bertz CT molecular complexity index is 932. The number of ether oxygens (including phenoxy) is 1. The zero-order chi connectivity index (χ0) is 21.5. The highest BCUT2D eigenvalue weighted by molar-refractivity contribution is 5.29. The van der Waals surface area contributed by atoms with Crippen molar-refractivity contribution in [3.8, 4) is 11.8 Å². The summed E-state index contributed by atoms with van der Waals surface area (Å²) in [6.07, 6.45) is 4.13. The monoisotopic (exact) mass is 418 g/mol. The number of aryl methyl sites for hydroxylation is 1.